The predicted molar refractivity (Wildman–Crippen MR) is 202 cm³/mol. The van der Waals surface area contributed by atoms with Crippen molar-refractivity contribution in [2.45, 2.75) is 206 Å². The van der Waals surface area contributed by atoms with Crippen molar-refractivity contribution in [3.05, 3.63) is 24.3 Å². The molecule has 1 unspecified atom stereocenters. The number of hydrogen-bond acceptors (Lipinski definition) is 6. The van der Waals surface area contributed by atoms with E-state index in [1.165, 1.54) is 103 Å². The van der Waals surface area contributed by atoms with Crippen molar-refractivity contribution < 1.29 is 37.9 Å². The maximum Gasteiger partial charge on any atom is 0.469 e. The van der Waals surface area contributed by atoms with Gasteiger partial charge in [0.15, 0.2) is 6.10 Å². The van der Waals surface area contributed by atoms with E-state index >= 15 is 0 Å². The van der Waals surface area contributed by atoms with Crippen molar-refractivity contribution in [3.8, 4) is 0 Å². The van der Waals surface area contributed by atoms with Gasteiger partial charge in [-0.3, -0.25) is 14.1 Å². The molecular weight excluding hydrogens is 639 g/mol. The Kier molecular flexibility index (Phi) is 35.2. The van der Waals surface area contributed by atoms with E-state index in [0.717, 1.165) is 57.8 Å². The molecule has 8 nitrogen and oxygen atoms in total. The van der Waals surface area contributed by atoms with Gasteiger partial charge >= 0.3 is 19.8 Å². The van der Waals surface area contributed by atoms with Crippen LogP contribution in [0, 0.1) is 0 Å². The molecule has 0 aliphatic carbocycles. The Morgan fingerprint density at radius 1 is 0.510 bits per heavy atom. The monoisotopic (exact) mass is 715 g/mol. The quantitative estimate of drug-likeness (QED) is 0.0282. The lowest BCUT2D eigenvalue weighted by Crippen LogP contribution is -2.29. The van der Waals surface area contributed by atoms with Gasteiger partial charge in [0.05, 0.1) is 6.61 Å². The molecular formula is C40H75O8P. The average Bonchev–Trinajstić information content (AvgIpc) is 3.07. The van der Waals surface area contributed by atoms with Crippen LogP contribution in [0.5, 0.6) is 0 Å². The summed E-state index contributed by atoms with van der Waals surface area (Å²) in [5.41, 5.74) is 0. The van der Waals surface area contributed by atoms with Crippen molar-refractivity contribution >= 4 is 19.8 Å². The highest BCUT2D eigenvalue weighted by molar-refractivity contribution is 7.46. The number of esters is 2. The summed E-state index contributed by atoms with van der Waals surface area (Å²) in [6.07, 6.45) is 40.4. The fraction of sp³-hybridized carbons (Fsp3) is 0.850. The highest BCUT2D eigenvalue weighted by Gasteiger charge is 2.22. The van der Waals surface area contributed by atoms with E-state index in [2.05, 4.69) is 42.7 Å². The highest BCUT2D eigenvalue weighted by atomic mass is 31.2. The van der Waals surface area contributed by atoms with Crippen LogP contribution in [-0.4, -0.2) is 41.0 Å². The van der Waals surface area contributed by atoms with Crippen LogP contribution in [-0.2, 0) is 28.2 Å². The van der Waals surface area contributed by atoms with Crippen molar-refractivity contribution in [2.24, 2.45) is 0 Å². The average molecular weight is 715 g/mol. The third-order valence-corrected chi connectivity index (χ3v) is 9.18. The fourth-order valence-electron chi connectivity index (χ4n) is 5.66. The van der Waals surface area contributed by atoms with Gasteiger partial charge in [-0.05, 0) is 64.2 Å². The second kappa shape index (κ2) is 36.3. The molecule has 0 aromatic carbocycles. The zero-order valence-corrected chi connectivity index (χ0v) is 32.5. The molecule has 1 atom stereocenters. The number of allylic oxidation sites excluding steroid dienone is 4. The van der Waals surface area contributed by atoms with Crippen LogP contribution in [0.25, 0.3) is 0 Å². The molecule has 0 fully saturated rings. The summed E-state index contributed by atoms with van der Waals surface area (Å²) in [4.78, 5) is 42.8. The molecule has 49 heavy (non-hydrogen) atoms. The molecule has 0 aliphatic rings. The topological polar surface area (TPSA) is 119 Å². The van der Waals surface area contributed by atoms with Crippen LogP contribution < -0.4 is 0 Å². The number of rotatable bonds is 37. The zero-order valence-electron chi connectivity index (χ0n) is 31.6. The lowest BCUT2D eigenvalue weighted by atomic mass is 10.1. The Balaban J connectivity index is 3.94. The Bertz CT molecular complexity index is 853. The van der Waals surface area contributed by atoms with Crippen LogP contribution in [0.15, 0.2) is 24.3 Å². The van der Waals surface area contributed by atoms with E-state index in [4.69, 9.17) is 19.3 Å². The van der Waals surface area contributed by atoms with Gasteiger partial charge < -0.3 is 19.3 Å². The van der Waals surface area contributed by atoms with E-state index < -0.39 is 32.5 Å². The molecule has 0 radical (unpaired) electrons. The SMILES string of the molecule is CCCCCCC/C=C\CCCCCCCC(=O)OCC(COP(=O)(O)O)OC(=O)CCCCCCCCC/C=C\CCCCCCCC. The first-order valence-corrected chi connectivity index (χ1v) is 21.7. The van der Waals surface area contributed by atoms with Crippen LogP contribution in [0.1, 0.15) is 200 Å². The van der Waals surface area contributed by atoms with Crippen molar-refractivity contribution in [2.75, 3.05) is 13.2 Å². The number of carbonyl (C=O) groups excluding carboxylic acids is 2. The lowest BCUT2D eigenvalue weighted by Gasteiger charge is -2.18. The smallest absolute Gasteiger partial charge is 0.462 e. The number of phosphoric acid groups is 1. The fourth-order valence-corrected chi connectivity index (χ4v) is 6.02. The first kappa shape index (κ1) is 47.5. The Hall–Kier alpha value is -1.47. The van der Waals surface area contributed by atoms with Gasteiger partial charge in [0.25, 0.3) is 0 Å². The maximum atomic E-state index is 12.4. The van der Waals surface area contributed by atoms with E-state index in [9.17, 15) is 14.2 Å². The standard InChI is InChI=1S/C40H75O8P/c1-3-5-7-9-11-13-15-17-19-20-21-23-25-27-29-31-33-35-40(42)48-38(37-47-49(43,44)45)36-46-39(41)34-32-30-28-26-24-22-18-16-14-12-10-8-6-4-2/h16-19,38H,3-15,20-37H2,1-2H3,(H2,43,44,45)/b18-16-,19-17-. The Morgan fingerprint density at radius 3 is 1.24 bits per heavy atom. The third-order valence-electron chi connectivity index (χ3n) is 8.69. The molecule has 0 aromatic heterocycles. The molecule has 0 amide bonds. The molecule has 2 N–H and O–H groups in total. The first-order chi connectivity index (χ1) is 23.8. The van der Waals surface area contributed by atoms with Crippen LogP contribution >= 0.6 is 7.82 Å². The molecule has 0 aliphatic heterocycles. The summed E-state index contributed by atoms with van der Waals surface area (Å²) in [6, 6.07) is 0. The molecule has 0 bridgehead atoms. The van der Waals surface area contributed by atoms with Crippen molar-refractivity contribution in [3.63, 3.8) is 0 Å². The largest absolute Gasteiger partial charge is 0.469 e. The van der Waals surface area contributed by atoms with Gasteiger partial charge in [0, 0.05) is 12.8 Å². The number of phosphoric ester groups is 1. The second-order valence-corrected chi connectivity index (χ2v) is 14.8. The van der Waals surface area contributed by atoms with Gasteiger partial charge in [-0.1, -0.05) is 147 Å². The van der Waals surface area contributed by atoms with E-state index in [0.29, 0.717) is 12.8 Å². The molecule has 0 rings (SSSR count). The van der Waals surface area contributed by atoms with Gasteiger partial charge in [0.2, 0.25) is 0 Å². The molecule has 0 aromatic rings. The third kappa shape index (κ3) is 39.2. The molecule has 0 saturated carbocycles. The predicted octanol–water partition coefficient (Wildman–Crippen LogP) is 12.0. The minimum absolute atomic E-state index is 0.207. The highest BCUT2D eigenvalue weighted by Crippen LogP contribution is 2.36. The summed E-state index contributed by atoms with van der Waals surface area (Å²) >= 11 is 0. The maximum absolute atomic E-state index is 12.4. The summed E-state index contributed by atoms with van der Waals surface area (Å²) in [5.74, 6) is -0.895. The first-order valence-electron chi connectivity index (χ1n) is 20.1. The molecule has 0 heterocycles. The summed E-state index contributed by atoms with van der Waals surface area (Å²) in [5, 5.41) is 0. The van der Waals surface area contributed by atoms with Crippen LogP contribution in [0.3, 0.4) is 0 Å². The van der Waals surface area contributed by atoms with Gasteiger partial charge in [0.1, 0.15) is 6.61 Å². The van der Waals surface area contributed by atoms with E-state index in [1.807, 2.05) is 0 Å². The molecule has 0 saturated heterocycles. The number of hydrogen-bond donors (Lipinski definition) is 2. The van der Waals surface area contributed by atoms with Gasteiger partial charge in [-0.15, -0.1) is 0 Å². The number of carbonyl (C=O) groups is 2. The van der Waals surface area contributed by atoms with Gasteiger partial charge in [-0.25, -0.2) is 4.57 Å². The van der Waals surface area contributed by atoms with Crippen LogP contribution in [0.2, 0.25) is 0 Å². The molecule has 0 spiro atoms. The summed E-state index contributed by atoms with van der Waals surface area (Å²) in [7, 11) is -4.75. The van der Waals surface area contributed by atoms with E-state index in [1.54, 1.807) is 0 Å². The minimum atomic E-state index is -4.75. The second-order valence-electron chi connectivity index (χ2n) is 13.6. The normalized spacial score (nSPS) is 12.7. The Labute approximate surface area is 300 Å². The van der Waals surface area contributed by atoms with Crippen LogP contribution in [0.4, 0.5) is 0 Å². The number of ether oxygens (including phenoxy) is 2. The van der Waals surface area contributed by atoms with Crippen molar-refractivity contribution in [1.29, 1.82) is 0 Å². The minimum Gasteiger partial charge on any atom is -0.462 e. The molecule has 288 valence electrons. The lowest BCUT2D eigenvalue weighted by molar-refractivity contribution is -0.161. The summed E-state index contributed by atoms with van der Waals surface area (Å²) < 4.78 is 26.3. The molecule has 9 heteroatoms. The zero-order chi connectivity index (χ0) is 36.1. The summed E-state index contributed by atoms with van der Waals surface area (Å²) in [6.45, 7) is 3.66. The van der Waals surface area contributed by atoms with Gasteiger partial charge in [-0.2, -0.15) is 0 Å². The van der Waals surface area contributed by atoms with E-state index in [-0.39, 0.29) is 19.4 Å². The Morgan fingerprint density at radius 2 is 0.857 bits per heavy atom. The van der Waals surface area contributed by atoms with Crippen molar-refractivity contribution in [1.82, 2.24) is 0 Å². The number of unbranched alkanes of at least 4 members (excludes halogenated alkanes) is 23.